The maximum atomic E-state index is 12.1. The highest BCUT2D eigenvalue weighted by molar-refractivity contribution is 5.98. The van der Waals surface area contributed by atoms with Crippen molar-refractivity contribution in [3.63, 3.8) is 0 Å². The molecule has 0 bridgehead atoms. The Balaban J connectivity index is 0.000000502. The van der Waals surface area contributed by atoms with Gasteiger partial charge in [0.05, 0.1) is 25.9 Å². The number of anilines is 3. The van der Waals surface area contributed by atoms with E-state index in [-0.39, 0.29) is 49.6 Å². The van der Waals surface area contributed by atoms with Crippen LogP contribution in [-0.4, -0.2) is 146 Å². The summed E-state index contributed by atoms with van der Waals surface area (Å²) in [7, 11) is 11.6. The molecule has 75 heavy (non-hydrogen) atoms. The van der Waals surface area contributed by atoms with Gasteiger partial charge < -0.3 is 58.1 Å². The molecule has 19 nitrogen and oxygen atoms in total. The Hall–Kier alpha value is -7.15. The largest absolute Gasteiger partial charge is 0.462 e. The van der Waals surface area contributed by atoms with Gasteiger partial charge in [-0.1, -0.05) is 57.4 Å². The molecule has 0 aromatic heterocycles. The van der Waals surface area contributed by atoms with Gasteiger partial charge in [-0.15, -0.1) is 0 Å². The molecule has 2 aliphatic heterocycles. The number of aldehydes is 1. The average Bonchev–Trinajstić information content (AvgIpc) is 3.94. The minimum Gasteiger partial charge on any atom is -0.462 e. The van der Waals surface area contributed by atoms with E-state index in [1.807, 2.05) is 124 Å². The lowest BCUT2D eigenvalue weighted by molar-refractivity contribution is -0.157. The summed E-state index contributed by atoms with van der Waals surface area (Å²) in [4.78, 5) is 50.7. The van der Waals surface area contributed by atoms with Crippen molar-refractivity contribution in [1.82, 2.24) is 0 Å². The third-order valence-electron chi connectivity index (χ3n) is 10.2. The van der Waals surface area contributed by atoms with Gasteiger partial charge in [-0.3, -0.25) is 9.59 Å². The van der Waals surface area contributed by atoms with E-state index in [1.165, 1.54) is 31.4 Å². The number of esters is 3. The van der Waals surface area contributed by atoms with Crippen LogP contribution in [0.3, 0.4) is 0 Å². The predicted molar refractivity (Wildman–Crippen MR) is 286 cm³/mol. The first kappa shape index (κ1) is 65.9. The number of ether oxygens (including phenoxy) is 7. The second kappa shape index (κ2) is 35.1. The molecule has 0 aliphatic carbocycles. The number of nitriles is 3. The van der Waals surface area contributed by atoms with Gasteiger partial charge in [0.1, 0.15) is 74.1 Å². The van der Waals surface area contributed by atoms with Crippen molar-refractivity contribution in [2.24, 2.45) is 0 Å². The first-order valence-electron chi connectivity index (χ1n) is 24.3. The topological polar surface area (TPSA) is 254 Å². The van der Waals surface area contributed by atoms with Gasteiger partial charge in [-0.05, 0) is 99.5 Å². The zero-order valence-corrected chi connectivity index (χ0v) is 45.5. The minimum atomic E-state index is -1.15. The first-order chi connectivity index (χ1) is 35.5. The highest BCUT2D eigenvalue weighted by atomic mass is 16.8. The Morgan fingerprint density at radius 3 is 1.32 bits per heavy atom. The van der Waals surface area contributed by atoms with Crippen LogP contribution in [0.4, 0.5) is 17.1 Å². The van der Waals surface area contributed by atoms with E-state index in [4.69, 9.17) is 53.9 Å². The van der Waals surface area contributed by atoms with Crippen LogP contribution < -0.4 is 14.7 Å². The van der Waals surface area contributed by atoms with Crippen molar-refractivity contribution in [2.75, 3.05) is 96.6 Å². The average molecular weight is 1040 g/mol. The van der Waals surface area contributed by atoms with Crippen LogP contribution in [0.5, 0.6) is 0 Å². The highest BCUT2D eigenvalue weighted by Crippen LogP contribution is 2.24. The second-order valence-corrected chi connectivity index (χ2v) is 18.2. The van der Waals surface area contributed by atoms with E-state index in [0.717, 1.165) is 34.5 Å². The summed E-state index contributed by atoms with van der Waals surface area (Å²) in [5, 5.41) is 44.1. The van der Waals surface area contributed by atoms with E-state index in [9.17, 15) is 24.4 Å². The smallest absolute Gasteiger partial charge is 0.348 e. The normalized spacial score (nSPS) is 16.2. The number of hydrogen-bond acceptors (Lipinski definition) is 19. The van der Waals surface area contributed by atoms with Crippen molar-refractivity contribution in [3.05, 3.63) is 101 Å². The lowest BCUT2D eigenvalue weighted by Gasteiger charge is -2.16. The number of aliphatic hydroxyl groups is 2. The lowest BCUT2D eigenvalue weighted by atomic mass is 10.1. The van der Waals surface area contributed by atoms with Crippen molar-refractivity contribution >= 4 is 53.4 Å². The molecule has 2 saturated heterocycles. The maximum absolute atomic E-state index is 12.1. The number of carbonyl (C=O) groups excluding carboxylic acids is 4. The Bertz CT molecular complexity index is 2380. The summed E-state index contributed by atoms with van der Waals surface area (Å²) in [5.41, 5.74) is 5.09. The van der Waals surface area contributed by atoms with Crippen LogP contribution in [0.15, 0.2) is 83.9 Å². The number of nitrogens with zero attached hydrogens (tertiary/aromatic N) is 6. The molecule has 3 atom stereocenters. The summed E-state index contributed by atoms with van der Waals surface area (Å²) in [6.07, 6.45) is 5.93. The summed E-state index contributed by atoms with van der Waals surface area (Å²) in [6, 6.07) is 27.6. The van der Waals surface area contributed by atoms with Gasteiger partial charge in [0.15, 0.2) is 11.6 Å². The monoisotopic (exact) mass is 1040 g/mol. The molecule has 3 aromatic rings. The molecule has 2 N–H and O–H groups in total. The van der Waals surface area contributed by atoms with Crippen LogP contribution in [-0.2, 0) is 47.5 Å². The quantitative estimate of drug-likeness (QED) is 0.0418. The third-order valence-corrected chi connectivity index (χ3v) is 10.2. The highest BCUT2D eigenvalue weighted by Gasteiger charge is 2.34. The van der Waals surface area contributed by atoms with Gasteiger partial charge in [0.2, 0.25) is 0 Å². The number of rotatable bonds is 18. The van der Waals surface area contributed by atoms with Crippen molar-refractivity contribution < 1.29 is 62.5 Å². The number of benzene rings is 3. The maximum Gasteiger partial charge on any atom is 0.348 e. The molecule has 2 heterocycles. The molecular weight excluding hydrogens is 965 g/mol. The molecule has 0 radical (unpaired) electrons. The molecule has 0 amide bonds. The van der Waals surface area contributed by atoms with Gasteiger partial charge in [0, 0.05) is 64.9 Å². The van der Waals surface area contributed by atoms with Crippen LogP contribution in [0.2, 0.25) is 0 Å². The molecule has 0 spiro atoms. The van der Waals surface area contributed by atoms with Crippen LogP contribution in [0, 0.1) is 34.0 Å². The predicted octanol–water partition coefficient (Wildman–Crippen LogP) is 7.27. The van der Waals surface area contributed by atoms with E-state index >= 15 is 0 Å². The molecule has 5 rings (SSSR count). The first-order valence-corrected chi connectivity index (χ1v) is 24.3. The molecule has 3 unspecified atom stereocenters. The molecule has 3 aromatic carbocycles. The molecule has 0 saturated carbocycles. The second-order valence-electron chi connectivity index (χ2n) is 18.2. The Labute approximate surface area is 443 Å². The number of aliphatic hydroxyl groups excluding tert-OH is 2. The summed E-state index contributed by atoms with van der Waals surface area (Å²) >= 11 is 0. The van der Waals surface area contributed by atoms with Crippen LogP contribution in [0.25, 0.3) is 12.2 Å². The number of unbranched alkanes of at least 4 members (excludes halogenated alkanes) is 2. The summed E-state index contributed by atoms with van der Waals surface area (Å²) in [5.74, 6) is -3.30. The summed E-state index contributed by atoms with van der Waals surface area (Å²) < 4.78 is 36.3. The molecule has 2 fully saturated rings. The Morgan fingerprint density at radius 2 is 1.03 bits per heavy atom. The van der Waals surface area contributed by atoms with E-state index < -0.39 is 42.2 Å². The molecule has 19 heteroatoms. The van der Waals surface area contributed by atoms with Crippen molar-refractivity contribution in [2.45, 2.75) is 97.1 Å². The summed E-state index contributed by atoms with van der Waals surface area (Å²) in [6.45, 7) is 11.7. The number of carbonyl (C=O) groups is 4. The fourth-order valence-corrected chi connectivity index (χ4v) is 6.09. The fraction of sp³-hybridized carbons (Fsp3) is 0.482. The van der Waals surface area contributed by atoms with Crippen molar-refractivity contribution in [3.8, 4) is 18.2 Å². The van der Waals surface area contributed by atoms with Crippen molar-refractivity contribution in [1.29, 1.82) is 15.8 Å². The van der Waals surface area contributed by atoms with E-state index in [2.05, 4.69) is 13.8 Å². The van der Waals surface area contributed by atoms with Crippen LogP contribution in [0.1, 0.15) is 88.7 Å². The Kier molecular flexibility index (Phi) is 30.8. The fourth-order valence-electron chi connectivity index (χ4n) is 6.09. The Morgan fingerprint density at radius 1 is 0.653 bits per heavy atom. The SMILES string of the molecule is CC1(C)OCC(COC(=O)CC#N)O1.CCCCC.CN(C)c1ccc(/C=C(\C#N)C(=O)OCC(O)CO)cc1.CN(C)c1ccc(/C=C(\C#N)C(=O)OCC2COC(C)(C)O2)cc1.CN(C)c1ccc(C=O)cc1. The lowest BCUT2D eigenvalue weighted by Crippen LogP contribution is -2.25. The van der Waals surface area contributed by atoms with E-state index in [0.29, 0.717) is 18.8 Å². The zero-order valence-electron chi connectivity index (χ0n) is 45.5. The third kappa shape index (κ3) is 27.6. The molecule has 408 valence electrons. The van der Waals surface area contributed by atoms with E-state index in [1.54, 1.807) is 52.0 Å². The van der Waals surface area contributed by atoms with Crippen LogP contribution >= 0.6 is 0 Å². The standard InChI is InChI=1S/C18H22N2O4.C15H18N2O4.C9H13NO4.C9H11NO.C5H12/c1-18(2)23-12-16(24-18)11-22-17(21)14(10-19)9-13-5-7-15(8-6-13)20(3)4;1-17(2)13-5-3-11(4-6-13)7-12(8-16)15(20)21-10-14(19)9-18;1-9(2)13-6-7(14-9)5-12-8(11)3-4-10;1-10(2)9-5-3-8(7-11)4-6-9;1-3-5-4-2/h5-9,16H,11-12H2,1-4H3;3-7,14,18-19H,9-10H2,1-2H3;7H,3,5-6H2,1-2H3;3-7H,1-2H3;3-5H2,1-2H3/b14-9+;12-7+;;;. The van der Waals surface area contributed by atoms with Gasteiger partial charge in [-0.2, -0.15) is 15.8 Å². The number of hydrogen-bond donors (Lipinski definition) is 2. The van der Waals surface area contributed by atoms with Gasteiger partial charge >= 0.3 is 17.9 Å². The van der Waals surface area contributed by atoms with Gasteiger partial charge in [0.25, 0.3) is 0 Å². The molecule has 2 aliphatic rings. The molecular formula is C56H76N6O13. The zero-order chi connectivity index (χ0) is 56.6. The van der Waals surface area contributed by atoms with Gasteiger partial charge in [-0.25, -0.2) is 9.59 Å². The minimum absolute atomic E-state index is 0.0502.